The summed E-state index contributed by atoms with van der Waals surface area (Å²) in [4.78, 5) is 24.1. The molecule has 0 bridgehead atoms. The summed E-state index contributed by atoms with van der Waals surface area (Å²) >= 11 is 3.41. The Kier molecular flexibility index (Phi) is 6.92. The fourth-order valence-electron chi connectivity index (χ4n) is 2.06. The second kappa shape index (κ2) is 7.94. The molecule has 0 aromatic rings. The largest absolute Gasteiger partial charge is 0.351 e. The molecule has 0 aromatic carbocycles. The molecule has 0 aromatic heterocycles. The molecule has 104 valence electrons. The lowest BCUT2D eigenvalue weighted by Gasteiger charge is -2.19. The minimum atomic E-state index is -0.369. The Balaban J connectivity index is 2.66. The number of carbonyl (C=O) groups is 2. The zero-order valence-corrected chi connectivity index (χ0v) is 12.8. The molecule has 1 aliphatic rings. The number of hydrogen-bond acceptors (Lipinski definition) is 4. The minimum absolute atomic E-state index is 0.0148. The molecule has 6 heteroatoms. The maximum Gasteiger partial charge on any atom is 0.242 e. The highest BCUT2D eigenvalue weighted by Gasteiger charge is 2.34. The van der Waals surface area contributed by atoms with E-state index in [0.29, 0.717) is 6.42 Å². The predicted molar refractivity (Wildman–Crippen MR) is 79.0 cm³/mol. The molecule has 2 N–H and O–H groups in total. The van der Waals surface area contributed by atoms with Crippen LogP contribution in [-0.2, 0) is 9.59 Å². The van der Waals surface area contributed by atoms with Crippen LogP contribution in [0.1, 0.15) is 19.8 Å². The summed E-state index contributed by atoms with van der Waals surface area (Å²) in [6.45, 7) is 1.92. The maximum atomic E-state index is 12.1. The van der Waals surface area contributed by atoms with E-state index in [1.165, 1.54) is 0 Å². The number of carbonyl (C=O) groups excluding carboxylic acids is 2. The Labute approximate surface area is 117 Å². The van der Waals surface area contributed by atoms with Gasteiger partial charge in [-0.3, -0.25) is 9.59 Å². The third-order valence-electron chi connectivity index (χ3n) is 3.19. The average Bonchev–Trinajstić information content (AvgIpc) is 2.43. The highest BCUT2D eigenvalue weighted by molar-refractivity contribution is 7.98. The van der Waals surface area contributed by atoms with E-state index < -0.39 is 0 Å². The van der Waals surface area contributed by atoms with Gasteiger partial charge in [-0.15, -0.1) is 0 Å². The Bertz CT molecular complexity index is 300. The van der Waals surface area contributed by atoms with Crippen LogP contribution in [0.25, 0.3) is 0 Å². The SMILES string of the molecule is CSCC[C@@H]1NC(=O)[C@H](CCSC)C(C)NC1=O. The van der Waals surface area contributed by atoms with E-state index in [1.807, 2.05) is 19.4 Å². The molecule has 3 atom stereocenters. The van der Waals surface area contributed by atoms with Gasteiger partial charge in [0.25, 0.3) is 0 Å². The van der Waals surface area contributed by atoms with Crippen molar-refractivity contribution >= 4 is 35.3 Å². The fourth-order valence-corrected chi connectivity index (χ4v) is 3.02. The van der Waals surface area contributed by atoms with Crippen LogP contribution in [0, 0.1) is 5.92 Å². The molecule has 18 heavy (non-hydrogen) atoms. The first-order chi connectivity index (χ1) is 8.60. The third kappa shape index (κ3) is 4.39. The molecule has 4 nitrogen and oxygen atoms in total. The first-order valence-corrected chi connectivity index (χ1v) is 8.97. The molecule has 0 spiro atoms. The lowest BCUT2D eigenvalue weighted by atomic mass is 9.98. The van der Waals surface area contributed by atoms with Crippen LogP contribution in [0.2, 0.25) is 0 Å². The smallest absolute Gasteiger partial charge is 0.242 e. The summed E-state index contributed by atoms with van der Waals surface area (Å²) < 4.78 is 0. The van der Waals surface area contributed by atoms with E-state index in [9.17, 15) is 9.59 Å². The van der Waals surface area contributed by atoms with Gasteiger partial charge in [0, 0.05) is 6.04 Å². The normalized spacial score (nSPS) is 28.5. The van der Waals surface area contributed by atoms with Gasteiger partial charge in [0.05, 0.1) is 5.92 Å². The number of thioether (sulfide) groups is 2. The van der Waals surface area contributed by atoms with Gasteiger partial charge >= 0.3 is 0 Å². The molecule has 1 rings (SSSR count). The molecule has 1 heterocycles. The molecular formula is C12H22N2O2S2. The van der Waals surface area contributed by atoms with Gasteiger partial charge in [-0.05, 0) is 43.8 Å². The first kappa shape index (κ1) is 15.7. The zero-order valence-electron chi connectivity index (χ0n) is 11.2. The van der Waals surface area contributed by atoms with E-state index in [2.05, 4.69) is 10.6 Å². The van der Waals surface area contributed by atoms with Crippen molar-refractivity contribution < 1.29 is 9.59 Å². The zero-order chi connectivity index (χ0) is 13.5. The van der Waals surface area contributed by atoms with E-state index in [1.54, 1.807) is 23.5 Å². The summed E-state index contributed by atoms with van der Waals surface area (Å²) in [5.41, 5.74) is 0. The summed E-state index contributed by atoms with van der Waals surface area (Å²) in [5.74, 6) is 1.67. The van der Waals surface area contributed by atoms with Crippen molar-refractivity contribution in [3.63, 3.8) is 0 Å². The van der Waals surface area contributed by atoms with E-state index in [-0.39, 0.29) is 29.8 Å². The summed E-state index contributed by atoms with van der Waals surface area (Å²) in [7, 11) is 0. The molecule has 1 saturated heterocycles. The maximum absolute atomic E-state index is 12.1. The van der Waals surface area contributed by atoms with Crippen molar-refractivity contribution in [3.05, 3.63) is 0 Å². The molecule has 0 saturated carbocycles. The van der Waals surface area contributed by atoms with Crippen molar-refractivity contribution in [2.45, 2.75) is 31.8 Å². The number of amides is 2. The van der Waals surface area contributed by atoms with Crippen molar-refractivity contribution in [2.75, 3.05) is 24.0 Å². The van der Waals surface area contributed by atoms with Gasteiger partial charge in [-0.2, -0.15) is 23.5 Å². The molecule has 1 unspecified atom stereocenters. The second-order valence-electron chi connectivity index (χ2n) is 4.53. The van der Waals surface area contributed by atoms with Crippen LogP contribution in [-0.4, -0.2) is 47.9 Å². The Morgan fingerprint density at radius 3 is 2.22 bits per heavy atom. The third-order valence-corrected chi connectivity index (χ3v) is 4.47. The monoisotopic (exact) mass is 290 g/mol. The van der Waals surface area contributed by atoms with Gasteiger partial charge < -0.3 is 10.6 Å². The topological polar surface area (TPSA) is 58.2 Å². The van der Waals surface area contributed by atoms with Crippen LogP contribution in [0.3, 0.4) is 0 Å². The summed E-state index contributed by atoms with van der Waals surface area (Å²) in [5, 5.41) is 5.83. The highest BCUT2D eigenvalue weighted by atomic mass is 32.2. The van der Waals surface area contributed by atoms with Crippen LogP contribution in [0.4, 0.5) is 0 Å². The molecule has 1 fully saturated rings. The van der Waals surface area contributed by atoms with Crippen molar-refractivity contribution in [2.24, 2.45) is 5.92 Å². The molecule has 0 aliphatic carbocycles. The van der Waals surface area contributed by atoms with Gasteiger partial charge in [-0.25, -0.2) is 0 Å². The quantitative estimate of drug-likeness (QED) is 0.769. The molecule has 0 radical (unpaired) electrons. The van der Waals surface area contributed by atoms with E-state index >= 15 is 0 Å². The van der Waals surface area contributed by atoms with E-state index in [0.717, 1.165) is 17.9 Å². The number of nitrogens with one attached hydrogen (secondary N) is 2. The first-order valence-electron chi connectivity index (χ1n) is 6.18. The van der Waals surface area contributed by atoms with Crippen LogP contribution in [0.15, 0.2) is 0 Å². The van der Waals surface area contributed by atoms with Crippen LogP contribution < -0.4 is 10.6 Å². The number of hydrogen-bond donors (Lipinski definition) is 2. The highest BCUT2D eigenvalue weighted by Crippen LogP contribution is 2.16. The minimum Gasteiger partial charge on any atom is -0.351 e. The Morgan fingerprint density at radius 2 is 1.61 bits per heavy atom. The second-order valence-corrected chi connectivity index (χ2v) is 6.50. The lowest BCUT2D eigenvalue weighted by molar-refractivity contribution is -0.128. The van der Waals surface area contributed by atoms with Gasteiger partial charge in [0.15, 0.2) is 0 Å². The standard InChI is InChI=1S/C12H22N2O2S2/c1-8-9(4-6-17-2)11(15)14-10(5-7-18-3)12(16)13-8/h8-10H,4-7H2,1-3H3,(H,13,16)(H,14,15)/t8?,9-,10+/m1/s1. The Hall–Kier alpha value is -0.360. The molecule has 2 amide bonds. The molecule has 1 aliphatic heterocycles. The van der Waals surface area contributed by atoms with Gasteiger partial charge in [0.1, 0.15) is 6.04 Å². The van der Waals surface area contributed by atoms with E-state index in [4.69, 9.17) is 0 Å². The Morgan fingerprint density at radius 1 is 1.00 bits per heavy atom. The summed E-state index contributed by atoms with van der Waals surface area (Å²) in [6.07, 6.45) is 5.53. The summed E-state index contributed by atoms with van der Waals surface area (Å²) in [6, 6.07) is -0.449. The van der Waals surface area contributed by atoms with Crippen molar-refractivity contribution in [1.29, 1.82) is 0 Å². The van der Waals surface area contributed by atoms with Crippen molar-refractivity contribution in [3.8, 4) is 0 Å². The van der Waals surface area contributed by atoms with Crippen LogP contribution in [0.5, 0.6) is 0 Å². The lowest BCUT2D eigenvalue weighted by Crippen LogP contribution is -2.43. The van der Waals surface area contributed by atoms with Crippen LogP contribution >= 0.6 is 23.5 Å². The fraction of sp³-hybridized carbons (Fsp3) is 0.833. The molecular weight excluding hydrogens is 268 g/mol. The van der Waals surface area contributed by atoms with Gasteiger partial charge in [-0.1, -0.05) is 0 Å². The predicted octanol–water partition coefficient (Wildman–Crippen LogP) is 1.11. The number of rotatable bonds is 6. The van der Waals surface area contributed by atoms with Crippen molar-refractivity contribution in [1.82, 2.24) is 10.6 Å². The average molecular weight is 290 g/mol. The van der Waals surface area contributed by atoms with Gasteiger partial charge in [0.2, 0.25) is 11.8 Å².